The van der Waals surface area contributed by atoms with Gasteiger partial charge in [0, 0.05) is 0 Å². The van der Waals surface area contributed by atoms with Crippen LogP contribution in [0.15, 0.2) is 61.2 Å². The molecule has 2 atom stereocenters. The Balaban J connectivity index is 0.000000419. The fourth-order valence-corrected chi connectivity index (χ4v) is 2.06. The normalized spacial score (nSPS) is 11.6. The van der Waals surface area contributed by atoms with Gasteiger partial charge in [0.05, 0.1) is 12.5 Å². The van der Waals surface area contributed by atoms with Crippen LogP contribution < -0.4 is 4.74 Å². The third-order valence-corrected chi connectivity index (χ3v) is 4.44. The fourth-order valence-electron chi connectivity index (χ4n) is 2.06. The van der Waals surface area contributed by atoms with Crippen molar-refractivity contribution in [2.24, 2.45) is 5.92 Å². The van der Waals surface area contributed by atoms with Gasteiger partial charge in [-0.15, -0.1) is 0 Å². The molecule has 0 radical (unpaired) electrons. The van der Waals surface area contributed by atoms with Crippen LogP contribution in [0, 0.1) is 5.92 Å². The topological polar surface area (TPSA) is 46.5 Å². The number of hydrogen-bond acceptors (Lipinski definition) is 2. The molecule has 0 aliphatic rings. The number of ether oxygens (including phenoxy) is 1. The van der Waals surface area contributed by atoms with Crippen LogP contribution in [0.5, 0.6) is 5.75 Å². The second-order valence-corrected chi connectivity index (χ2v) is 6.57. The van der Waals surface area contributed by atoms with Gasteiger partial charge in [0.2, 0.25) is 0 Å². The Hall–Kier alpha value is -2.55. The van der Waals surface area contributed by atoms with E-state index < -0.39 is 5.97 Å². The highest BCUT2D eigenvalue weighted by Crippen LogP contribution is 2.21. The third kappa shape index (κ3) is 11.2. The van der Waals surface area contributed by atoms with Crippen LogP contribution in [0.4, 0.5) is 0 Å². The van der Waals surface area contributed by atoms with Crippen LogP contribution in [0.3, 0.4) is 0 Å². The van der Waals surface area contributed by atoms with E-state index in [1.165, 1.54) is 17.5 Å². The van der Waals surface area contributed by atoms with E-state index in [2.05, 4.69) is 32.6 Å². The van der Waals surface area contributed by atoms with Gasteiger partial charge in [0.15, 0.2) is 0 Å². The van der Waals surface area contributed by atoms with Gasteiger partial charge in [-0.1, -0.05) is 82.8 Å². The van der Waals surface area contributed by atoms with Gasteiger partial charge < -0.3 is 9.84 Å². The number of carboxylic acid groups (broad SMARTS) is 1. The van der Waals surface area contributed by atoms with Crippen LogP contribution in [-0.4, -0.2) is 17.7 Å². The molecule has 3 nitrogen and oxygen atoms in total. The van der Waals surface area contributed by atoms with E-state index in [0.29, 0.717) is 5.92 Å². The molecule has 0 saturated carbocycles. The Morgan fingerprint density at radius 3 is 1.89 bits per heavy atom. The molecule has 28 heavy (non-hydrogen) atoms. The number of aliphatic carboxylic acids is 1. The van der Waals surface area contributed by atoms with Crippen molar-refractivity contribution in [2.45, 2.75) is 53.4 Å². The zero-order valence-electron chi connectivity index (χ0n) is 18.0. The maximum atomic E-state index is 9.93. The predicted molar refractivity (Wildman–Crippen MR) is 120 cm³/mol. The zero-order valence-corrected chi connectivity index (χ0v) is 18.0. The monoisotopic (exact) mass is 384 g/mol. The van der Waals surface area contributed by atoms with E-state index in [1.807, 2.05) is 62.4 Å². The number of rotatable bonds is 7. The molecule has 2 unspecified atom stereocenters. The number of carboxylic acids is 1. The van der Waals surface area contributed by atoms with Crippen LogP contribution in [0.25, 0.3) is 6.08 Å². The lowest BCUT2D eigenvalue weighted by Crippen LogP contribution is -2.06. The highest BCUT2D eigenvalue weighted by Gasteiger charge is 2.05. The number of carbonyl (C=O) groups is 1. The minimum absolute atomic E-state index is 0.181. The van der Waals surface area contributed by atoms with Crippen molar-refractivity contribution in [3.8, 4) is 5.75 Å². The number of benzene rings is 2. The van der Waals surface area contributed by atoms with E-state index in [9.17, 15) is 4.79 Å². The summed E-state index contributed by atoms with van der Waals surface area (Å²) in [4.78, 5) is 9.93. The summed E-state index contributed by atoms with van der Waals surface area (Å²) in [6, 6.07) is 18.4. The molecule has 2 aromatic rings. The Morgan fingerprint density at radius 1 is 1.00 bits per heavy atom. The Kier molecular flexibility index (Phi) is 14.1. The molecule has 0 saturated heterocycles. The first-order valence-electron chi connectivity index (χ1n) is 10.0. The van der Waals surface area contributed by atoms with Crippen LogP contribution >= 0.6 is 0 Å². The van der Waals surface area contributed by atoms with Crippen molar-refractivity contribution in [1.82, 2.24) is 0 Å². The SMILES string of the molecule is C=Cc1ccccc1.CCC(C)C(=O)O.CCOc1ccc(C(C)CC)cc1. The average molecular weight is 385 g/mol. The molecular weight excluding hydrogens is 348 g/mol. The second kappa shape index (κ2) is 15.5. The summed E-state index contributed by atoms with van der Waals surface area (Å²) in [6.07, 6.45) is 3.74. The summed E-state index contributed by atoms with van der Waals surface area (Å²) in [5.41, 5.74) is 2.57. The van der Waals surface area contributed by atoms with Gasteiger partial charge >= 0.3 is 5.97 Å². The minimum atomic E-state index is -0.706. The van der Waals surface area contributed by atoms with Crippen molar-refractivity contribution < 1.29 is 14.6 Å². The molecule has 154 valence electrons. The Labute approximate surface area is 171 Å². The molecule has 0 spiro atoms. The molecule has 0 fully saturated rings. The van der Waals surface area contributed by atoms with Crippen LogP contribution in [0.1, 0.15) is 64.5 Å². The molecular formula is C25H36O3. The Morgan fingerprint density at radius 2 is 1.57 bits per heavy atom. The smallest absolute Gasteiger partial charge is 0.306 e. The van der Waals surface area contributed by atoms with Gasteiger partial charge in [-0.25, -0.2) is 0 Å². The van der Waals surface area contributed by atoms with E-state index in [0.717, 1.165) is 18.8 Å². The van der Waals surface area contributed by atoms with Crippen molar-refractivity contribution in [3.63, 3.8) is 0 Å². The first kappa shape index (κ1) is 25.4. The molecule has 3 heteroatoms. The van der Waals surface area contributed by atoms with E-state index in [4.69, 9.17) is 9.84 Å². The summed E-state index contributed by atoms with van der Waals surface area (Å²) in [7, 11) is 0. The second-order valence-electron chi connectivity index (χ2n) is 6.57. The van der Waals surface area contributed by atoms with Crippen molar-refractivity contribution in [2.75, 3.05) is 6.61 Å². The molecule has 2 rings (SSSR count). The summed E-state index contributed by atoms with van der Waals surface area (Å²) < 4.78 is 5.37. The van der Waals surface area contributed by atoms with Gasteiger partial charge in [-0.05, 0) is 48.9 Å². The van der Waals surface area contributed by atoms with Crippen LogP contribution in [0.2, 0.25) is 0 Å². The molecule has 1 N–H and O–H groups in total. The highest BCUT2D eigenvalue weighted by molar-refractivity contribution is 5.69. The lowest BCUT2D eigenvalue weighted by atomic mass is 9.99. The molecule has 0 heterocycles. The van der Waals surface area contributed by atoms with Crippen molar-refractivity contribution in [3.05, 3.63) is 72.3 Å². The molecule has 0 amide bonds. The van der Waals surface area contributed by atoms with Gasteiger partial charge in [-0.2, -0.15) is 0 Å². The van der Waals surface area contributed by atoms with Crippen molar-refractivity contribution >= 4 is 12.0 Å². The minimum Gasteiger partial charge on any atom is -0.494 e. The lowest BCUT2D eigenvalue weighted by Gasteiger charge is -2.09. The molecule has 0 aromatic heterocycles. The average Bonchev–Trinajstić information content (AvgIpc) is 2.74. The number of hydrogen-bond donors (Lipinski definition) is 1. The third-order valence-electron chi connectivity index (χ3n) is 4.44. The Bertz CT molecular complexity index is 647. The first-order chi connectivity index (χ1) is 13.4. The van der Waals surface area contributed by atoms with E-state index in [-0.39, 0.29) is 5.92 Å². The molecule has 0 bridgehead atoms. The summed E-state index contributed by atoms with van der Waals surface area (Å²) >= 11 is 0. The highest BCUT2D eigenvalue weighted by atomic mass is 16.5. The maximum Gasteiger partial charge on any atom is 0.306 e. The van der Waals surface area contributed by atoms with Gasteiger partial charge in [0.1, 0.15) is 5.75 Å². The first-order valence-corrected chi connectivity index (χ1v) is 10.0. The summed E-state index contributed by atoms with van der Waals surface area (Å²) in [6.45, 7) is 14.4. The fraction of sp³-hybridized carbons (Fsp3) is 0.400. The largest absolute Gasteiger partial charge is 0.494 e. The lowest BCUT2D eigenvalue weighted by molar-refractivity contribution is -0.141. The standard InChI is InChI=1S/C12H18O.C8H8.C5H10O2/c1-4-10(3)11-6-8-12(9-7-11)13-5-2;1-2-8-6-4-3-5-7-8;1-3-4(2)5(6)7/h6-10H,4-5H2,1-3H3;2-7H,1H2;4H,3H2,1-2H3,(H,6,7). The van der Waals surface area contributed by atoms with E-state index >= 15 is 0 Å². The van der Waals surface area contributed by atoms with Crippen molar-refractivity contribution in [1.29, 1.82) is 0 Å². The zero-order chi connectivity index (χ0) is 21.4. The molecule has 0 aliphatic carbocycles. The summed E-state index contributed by atoms with van der Waals surface area (Å²) in [5, 5.41) is 8.18. The van der Waals surface area contributed by atoms with E-state index in [1.54, 1.807) is 6.92 Å². The maximum absolute atomic E-state index is 9.93. The molecule has 0 aliphatic heterocycles. The summed E-state index contributed by atoms with van der Waals surface area (Å²) in [5.74, 6) is 0.729. The van der Waals surface area contributed by atoms with Gasteiger partial charge in [-0.3, -0.25) is 4.79 Å². The van der Waals surface area contributed by atoms with Gasteiger partial charge in [0.25, 0.3) is 0 Å². The van der Waals surface area contributed by atoms with Crippen LogP contribution in [-0.2, 0) is 4.79 Å². The quantitative estimate of drug-likeness (QED) is 0.556. The molecule has 2 aromatic carbocycles. The predicted octanol–water partition coefficient (Wildman–Crippen LogP) is 7.05.